The van der Waals surface area contributed by atoms with Gasteiger partial charge < -0.3 is 30.1 Å². The molecule has 10 heteroatoms. The molecule has 0 aliphatic carbocycles. The van der Waals surface area contributed by atoms with E-state index in [4.69, 9.17) is 9.47 Å². The highest BCUT2D eigenvalue weighted by molar-refractivity contribution is 5.99. The second-order valence-corrected chi connectivity index (χ2v) is 11.0. The maximum Gasteiger partial charge on any atom is 0.245 e. The Morgan fingerprint density at radius 2 is 1.89 bits per heavy atom. The van der Waals surface area contributed by atoms with Crippen LogP contribution in [0.15, 0.2) is 30.3 Å². The summed E-state index contributed by atoms with van der Waals surface area (Å²) in [6.45, 7) is 5.76. The van der Waals surface area contributed by atoms with Crippen molar-refractivity contribution in [2.24, 2.45) is 11.8 Å². The number of nitrogens with one attached hydrogen (secondary N) is 2. The van der Waals surface area contributed by atoms with Crippen molar-refractivity contribution < 1.29 is 29.0 Å². The Hall–Kier alpha value is -2.53. The number of carbonyl (C=O) groups is 3. The van der Waals surface area contributed by atoms with Gasteiger partial charge in [-0.1, -0.05) is 37.3 Å². The van der Waals surface area contributed by atoms with E-state index in [9.17, 15) is 19.5 Å². The van der Waals surface area contributed by atoms with Crippen LogP contribution in [0.5, 0.6) is 0 Å². The summed E-state index contributed by atoms with van der Waals surface area (Å²) in [7, 11) is 1.57. The van der Waals surface area contributed by atoms with Crippen molar-refractivity contribution >= 4 is 17.7 Å². The molecule has 1 spiro atoms. The van der Waals surface area contributed by atoms with E-state index in [1.807, 2.05) is 37.3 Å². The number of fused-ring (bicyclic) bond motifs is 1. The first kappa shape index (κ1) is 27.1. The van der Waals surface area contributed by atoms with E-state index in [1.54, 1.807) is 11.9 Å². The number of ether oxygens (including phenoxy) is 2. The number of hydrogen-bond donors (Lipinski definition) is 3. The number of benzene rings is 1. The standard InChI is InChI=1S/C28H40N4O6/c1-3-27-9-10-28(38-27)22(21(27)24(34)29-2)26(36)32(20(18-33)17-19-7-5-4-6-8-19)23(28)25(35)30-11-12-31-13-15-37-16-14-31/h4-8,20-23,33H,3,9-18H2,1-2H3,(H,29,34)(H,30,35)/t20-,21+,22+,23?,27-,28?/m1/s1. The Morgan fingerprint density at radius 1 is 1.16 bits per heavy atom. The van der Waals surface area contributed by atoms with Crippen molar-refractivity contribution in [3.8, 4) is 0 Å². The minimum absolute atomic E-state index is 0.233. The molecule has 2 bridgehead atoms. The highest BCUT2D eigenvalue weighted by Crippen LogP contribution is 2.64. The van der Waals surface area contributed by atoms with Crippen LogP contribution >= 0.6 is 0 Å². The predicted octanol–water partition coefficient (Wildman–Crippen LogP) is -0.0608. The van der Waals surface area contributed by atoms with E-state index in [0.717, 1.165) is 18.7 Å². The molecule has 4 fully saturated rings. The summed E-state index contributed by atoms with van der Waals surface area (Å²) >= 11 is 0. The molecule has 4 saturated heterocycles. The summed E-state index contributed by atoms with van der Waals surface area (Å²) in [6.07, 6.45) is 2.11. The topological polar surface area (TPSA) is 120 Å². The molecule has 38 heavy (non-hydrogen) atoms. The van der Waals surface area contributed by atoms with E-state index in [1.165, 1.54) is 0 Å². The second-order valence-electron chi connectivity index (χ2n) is 11.0. The molecule has 1 aromatic rings. The van der Waals surface area contributed by atoms with Crippen LogP contribution in [-0.2, 0) is 30.3 Å². The van der Waals surface area contributed by atoms with Gasteiger partial charge in [0.15, 0.2) is 0 Å². The van der Waals surface area contributed by atoms with E-state index < -0.39 is 35.1 Å². The monoisotopic (exact) mass is 528 g/mol. The molecular weight excluding hydrogens is 488 g/mol. The predicted molar refractivity (Wildman–Crippen MR) is 139 cm³/mol. The maximum atomic E-state index is 14.2. The zero-order chi connectivity index (χ0) is 26.9. The summed E-state index contributed by atoms with van der Waals surface area (Å²) in [6, 6.07) is 8.09. The fourth-order valence-electron chi connectivity index (χ4n) is 7.30. The molecule has 3 amide bonds. The number of rotatable bonds is 10. The van der Waals surface area contributed by atoms with E-state index >= 15 is 0 Å². The summed E-state index contributed by atoms with van der Waals surface area (Å²) < 4.78 is 12.2. The first-order valence-corrected chi connectivity index (χ1v) is 13.9. The summed E-state index contributed by atoms with van der Waals surface area (Å²) in [5.74, 6) is -2.25. The van der Waals surface area contributed by atoms with Gasteiger partial charge in [0.25, 0.3) is 0 Å². The molecule has 0 aromatic heterocycles. The number of nitrogens with zero attached hydrogens (tertiary/aromatic N) is 2. The van der Waals surface area contributed by atoms with Crippen molar-refractivity contribution in [1.29, 1.82) is 0 Å². The molecule has 10 nitrogen and oxygen atoms in total. The third-order valence-electron chi connectivity index (χ3n) is 9.15. The van der Waals surface area contributed by atoms with Gasteiger partial charge in [-0.25, -0.2) is 0 Å². The fraction of sp³-hybridized carbons (Fsp3) is 0.679. The minimum atomic E-state index is -1.10. The van der Waals surface area contributed by atoms with Crippen LogP contribution < -0.4 is 10.6 Å². The van der Waals surface area contributed by atoms with Crippen LogP contribution in [0.2, 0.25) is 0 Å². The smallest absolute Gasteiger partial charge is 0.245 e. The van der Waals surface area contributed by atoms with E-state index in [-0.39, 0.29) is 24.3 Å². The zero-order valence-corrected chi connectivity index (χ0v) is 22.4. The molecule has 0 saturated carbocycles. The molecule has 4 aliphatic heterocycles. The Balaban J connectivity index is 1.46. The van der Waals surface area contributed by atoms with Crippen LogP contribution in [0.4, 0.5) is 0 Å². The van der Waals surface area contributed by atoms with Crippen molar-refractivity contribution in [1.82, 2.24) is 20.4 Å². The van der Waals surface area contributed by atoms with Gasteiger partial charge in [0.2, 0.25) is 17.7 Å². The molecule has 0 radical (unpaired) electrons. The Morgan fingerprint density at radius 3 is 2.55 bits per heavy atom. The Bertz CT molecular complexity index is 1030. The number of amides is 3. The largest absolute Gasteiger partial charge is 0.394 e. The normalized spacial score (nSPS) is 33.3. The van der Waals surface area contributed by atoms with Crippen LogP contribution in [0.3, 0.4) is 0 Å². The molecule has 6 atom stereocenters. The minimum Gasteiger partial charge on any atom is -0.394 e. The summed E-state index contributed by atoms with van der Waals surface area (Å²) in [4.78, 5) is 45.2. The molecule has 4 heterocycles. The first-order chi connectivity index (χ1) is 18.4. The Labute approximate surface area is 224 Å². The van der Waals surface area contributed by atoms with Crippen LogP contribution in [0.1, 0.15) is 31.7 Å². The van der Waals surface area contributed by atoms with Gasteiger partial charge in [0, 0.05) is 33.2 Å². The average Bonchev–Trinajstić information content (AvgIpc) is 3.56. The lowest BCUT2D eigenvalue weighted by atomic mass is 9.65. The average molecular weight is 529 g/mol. The van der Waals surface area contributed by atoms with Crippen molar-refractivity contribution in [2.75, 3.05) is 53.0 Å². The van der Waals surface area contributed by atoms with Crippen molar-refractivity contribution in [3.05, 3.63) is 35.9 Å². The van der Waals surface area contributed by atoms with Gasteiger partial charge in [0.05, 0.1) is 43.3 Å². The lowest BCUT2D eigenvalue weighted by Gasteiger charge is -2.37. The number of hydrogen-bond acceptors (Lipinski definition) is 7. The number of aliphatic hydroxyl groups excluding tert-OH is 1. The fourth-order valence-corrected chi connectivity index (χ4v) is 7.30. The third kappa shape index (κ3) is 4.41. The van der Waals surface area contributed by atoms with Crippen LogP contribution in [-0.4, -0.2) is 109 Å². The zero-order valence-electron chi connectivity index (χ0n) is 22.4. The maximum absolute atomic E-state index is 14.2. The van der Waals surface area contributed by atoms with Gasteiger partial charge >= 0.3 is 0 Å². The SMILES string of the molecule is CC[C@]12CCC3(O1)C(C(=O)NCCN1CCOCC1)N([C@@H](CO)Cc1ccccc1)C(=O)[C@@H]3[C@H]2C(=O)NC. The lowest BCUT2D eigenvalue weighted by Crippen LogP contribution is -2.59. The van der Waals surface area contributed by atoms with Crippen LogP contribution in [0, 0.1) is 11.8 Å². The molecule has 5 rings (SSSR count). The molecule has 4 aliphatic rings. The van der Waals surface area contributed by atoms with Gasteiger partial charge in [0.1, 0.15) is 11.6 Å². The molecule has 1 aromatic carbocycles. The molecular formula is C28H40N4O6. The van der Waals surface area contributed by atoms with E-state index in [0.29, 0.717) is 52.0 Å². The third-order valence-corrected chi connectivity index (χ3v) is 9.15. The molecule has 208 valence electrons. The van der Waals surface area contributed by atoms with E-state index in [2.05, 4.69) is 15.5 Å². The summed E-state index contributed by atoms with van der Waals surface area (Å²) in [5, 5.41) is 16.3. The highest BCUT2D eigenvalue weighted by atomic mass is 16.5. The highest BCUT2D eigenvalue weighted by Gasteiger charge is 2.79. The molecule has 3 N–H and O–H groups in total. The number of likely N-dealkylation sites (tertiary alicyclic amines) is 1. The number of carbonyl (C=O) groups excluding carboxylic acids is 3. The molecule has 2 unspecified atom stereocenters. The van der Waals surface area contributed by atoms with Crippen molar-refractivity contribution in [3.63, 3.8) is 0 Å². The number of aliphatic hydroxyl groups is 1. The van der Waals surface area contributed by atoms with Crippen LogP contribution in [0.25, 0.3) is 0 Å². The van der Waals surface area contributed by atoms with Gasteiger partial charge in [-0.15, -0.1) is 0 Å². The second kappa shape index (κ2) is 10.9. The lowest BCUT2D eigenvalue weighted by molar-refractivity contribution is -0.151. The van der Waals surface area contributed by atoms with Crippen molar-refractivity contribution in [2.45, 2.75) is 55.9 Å². The summed E-state index contributed by atoms with van der Waals surface area (Å²) in [5.41, 5.74) is -0.914. The first-order valence-electron chi connectivity index (χ1n) is 13.9. The Kier molecular flexibility index (Phi) is 7.77. The number of morpholine rings is 1. The van der Waals surface area contributed by atoms with Gasteiger partial charge in [-0.05, 0) is 31.2 Å². The quantitative estimate of drug-likeness (QED) is 0.389. The van der Waals surface area contributed by atoms with Gasteiger partial charge in [-0.3, -0.25) is 19.3 Å². The van der Waals surface area contributed by atoms with Gasteiger partial charge in [-0.2, -0.15) is 0 Å².